The van der Waals surface area contributed by atoms with Crippen LogP contribution in [0.4, 0.5) is 5.69 Å². The predicted octanol–water partition coefficient (Wildman–Crippen LogP) is 3.89. The molecular formula is C18H24N2. The van der Waals surface area contributed by atoms with Crippen LogP contribution >= 0.6 is 0 Å². The van der Waals surface area contributed by atoms with Crippen molar-refractivity contribution in [2.24, 2.45) is 0 Å². The number of nitrogens with zero attached hydrogens (tertiary/aromatic N) is 2. The topological polar surface area (TPSA) is 6.48 Å². The molecule has 0 aliphatic carbocycles. The molecular weight excluding hydrogens is 244 g/mol. The van der Waals surface area contributed by atoms with Gasteiger partial charge in [0.15, 0.2) is 0 Å². The number of hydrogen-bond donors (Lipinski definition) is 0. The maximum Gasteiger partial charge on any atom is 0.0367 e. The highest BCUT2D eigenvalue weighted by Crippen LogP contribution is 2.27. The molecule has 0 spiro atoms. The van der Waals surface area contributed by atoms with Crippen molar-refractivity contribution in [2.45, 2.75) is 32.4 Å². The van der Waals surface area contributed by atoms with Crippen molar-refractivity contribution < 1.29 is 0 Å². The Morgan fingerprint density at radius 2 is 2.05 bits per heavy atom. The zero-order chi connectivity index (χ0) is 14.1. The second-order valence-corrected chi connectivity index (χ2v) is 6.18. The van der Waals surface area contributed by atoms with Gasteiger partial charge in [0, 0.05) is 32.4 Å². The zero-order valence-corrected chi connectivity index (χ0v) is 12.8. The van der Waals surface area contributed by atoms with Gasteiger partial charge in [-0.25, -0.2) is 0 Å². The third-order valence-corrected chi connectivity index (χ3v) is 4.53. The molecule has 2 aromatic rings. The van der Waals surface area contributed by atoms with Crippen LogP contribution in [0.2, 0.25) is 0 Å². The fraction of sp³-hybridized carbons (Fsp3) is 0.444. The Kier molecular flexibility index (Phi) is 3.66. The normalized spacial score (nSPS) is 19.6. The van der Waals surface area contributed by atoms with Crippen molar-refractivity contribution in [1.29, 1.82) is 0 Å². The molecule has 20 heavy (non-hydrogen) atoms. The van der Waals surface area contributed by atoms with Gasteiger partial charge in [0.25, 0.3) is 0 Å². The van der Waals surface area contributed by atoms with Gasteiger partial charge >= 0.3 is 0 Å². The molecule has 0 saturated carbocycles. The molecule has 1 fully saturated rings. The minimum Gasteiger partial charge on any atom is -0.378 e. The lowest BCUT2D eigenvalue weighted by Crippen LogP contribution is -2.26. The summed E-state index contributed by atoms with van der Waals surface area (Å²) in [4.78, 5) is 4.77. The highest BCUT2D eigenvalue weighted by Gasteiger charge is 2.20. The molecule has 0 unspecified atom stereocenters. The average Bonchev–Trinajstić information content (AvgIpc) is 2.84. The molecule has 3 rings (SSSR count). The number of fused-ring (bicyclic) bond motifs is 1. The average molecular weight is 268 g/mol. The number of hydrogen-bond acceptors (Lipinski definition) is 2. The highest BCUT2D eigenvalue weighted by atomic mass is 15.2. The maximum atomic E-state index is 2.61. The second kappa shape index (κ2) is 5.45. The van der Waals surface area contributed by atoms with Gasteiger partial charge in [-0.2, -0.15) is 0 Å². The summed E-state index contributed by atoms with van der Waals surface area (Å²) in [5.41, 5.74) is 2.73. The third kappa shape index (κ3) is 2.53. The summed E-state index contributed by atoms with van der Waals surface area (Å²) in [5, 5.41) is 2.75. The Morgan fingerprint density at radius 3 is 2.75 bits per heavy atom. The van der Waals surface area contributed by atoms with Gasteiger partial charge in [0.05, 0.1) is 0 Å². The fourth-order valence-electron chi connectivity index (χ4n) is 3.20. The van der Waals surface area contributed by atoms with Crippen LogP contribution in [0.15, 0.2) is 36.4 Å². The summed E-state index contributed by atoms with van der Waals surface area (Å²) in [5.74, 6) is 0. The summed E-state index contributed by atoms with van der Waals surface area (Å²) in [7, 11) is 4.19. The summed E-state index contributed by atoms with van der Waals surface area (Å²) in [6.45, 7) is 4.68. The predicted molar refractivity (Wildman–Crippen MR) is 87.4 cm³/mol. The van der Waals surface area contributed by atoms with Crippen LogP contribution in [-0.2, 0) is 6.54 Å². The van der Waals surface area contributed by atoms with Crippen LogP contribution in [0.25, 0.3) is 10.8 Å². The maximum absolute atomic E-state index is 2.61. The van der Waals surface area contributed by atoms with Crippen LogP contribution in [0.3, 0.4) is 0 Å². The van der Waals surface area contributed by atoms with E-state index in [-0.39, 0.29) is 0 Å². The molecule has 0 radical (unpaired) electrons. The van der Waals surface area contributed by atoms with Crippen molar-refractivity contribution >= 4 is 16.5 Å². The van der Waals surface area contributed by atoms with E-state index in [0.29, 0.717) is 0 Å². The van der Waals surface area contributed by atoms with Crippen molar-refractivity contribution in [3.05, 3.63) is 42.0 Å². The Labute approximate surface area is 122 Å². The molecule has 2 nitrogen and oxygen atoms in total. The van der Waals surface area contributed by atoms with Gasteiger partial charge in [-0.1, -0.05) is 24.3 Å². The molecule has 0 amide bonds. The lowest BCUT2D eigenvalue weighted by molar-refractivity contribution is 0.261. The van der Waals surface area contributed by atoms with E-state index in [1.54, 1.807) is 0 Å². The van der Waals surface area contributed by atoms with E-state index in [1.165, 1.54) is 41.4 Å². The molecule has 1 aliphatic heterocycles. The summed E-state index contributed by atoms with van der Waals surface area (Å²) in [6, 6.07) is 14.2. The zero-order valence-electron chi connectivity index (χ0n) is 12.8. The van der Waals surface area contributed by atoms with Crippen molar-refractivity contribution in [1.82, 2.24) is 4.90 Å². The Morgan fingerprint density at radius 1 is 1.20 bits per heavy atom. The van der Waals surface area contributed by atoms with Crippen LogP contribution in [-0.4, -0.2) is 31.6 Å². The molecule has 2 aromatic carbocycles. The minimum atomic E-state index is 0.728. The summed E-state index contributed by atoms with van der Waals surface area (Å²) < 4.78 is 0. The summed E-state index contributed by atoms with van der Waals surface area (Å²) in [6.07, 6.45) is 2.69. The van der Waals surface area contributed by atoms with E-state index >= 15 is 0 Å². The van der Waals surface area contributed by atoms with Gasteiger partial charge in [-0.3, -0.25) is 4.90 Å². The van der Waals surface area contributed by atoms with E-state index in [2.05, 4.69) is 67.2 Å². The van der Waals surface area contributed by atoms with Crippen molar-refractivity contribution in [2.75, 3.05) is 25.5 Å². The number of rotatable bonds is 3. The number of likely N-dealkylation sites (tertiary alicyclic amines) is 1. The number of benzene rings is 2. The Balaban J connectivity index is 1.95. The molecule has 1 saturated heterocycles. The molecule has 2 heteroatoms. The van der Waals surface area contributed by atoms with Gasteiger partial charge in [0.2, 0.25) is 0 Å². The van der Waals surface area contributed by atoms with Crippen LogP contribution in [0.5, 0.6) is 0 Å². The quantitative estimate of drug-likeness (QED) is 0.833. The van der Waals surface area contributed by atoms with Crippen molar-refractivity contribution in [3.8, 4) is 0 Å². The smallest absolute Gasteiger partial charge is 0.0367 e. The summed E-state index contributed by atoms with van der Waals surface area (Å²) >= 11 is 0. The van der Waals surface area contributed by atoms with Gasteiger partial charge in [-0.15, -0.1) is 0 Å². The second-order valence-electron chi connectivity index (χ2n) is 6.18. The largest absolute Gasteiger partial charge is 0.378 e. The lowest BCUT2D eigenvalue weighted by Gasteiger charge is -2.22. The van der Waals surface area contributed by atoms with Crippen LogP contribution in [0.1, 0.15) is 25.3 Å². The molecule has 0 N–H and O–H groups in total. The van der Waals surface area contributed by atoms with E-state index in [0.717, 1.165) is 12.6 Å². The van der Waals surface area contributed by atoms with E-state index in [1.807, 2.05) is 0 Å². The standard InChI is InChI=1S/C18H24N2/c1-14-6-5-11-20(14)13-16-8-4-7-15-12-17(19(2)3)9-10-18(15)16/h4,7-10,12,14H,5-6,11,13H2,1-3H3/t14-/m1/s1. The Hall–Kier alpha value is -1.54. The Bertz CT molecular complexity index is 603. The lowest BCUT2D eigenvalue weighted by atomic mass is 10.0. The molecule has 1 heterocycles. The monoisotopic (exact) mass is 268 g/mol. The van der Waals surface area contributed by atoms with E-state index in [4.69, 9.17) is 0 Å². The molecule has 106 valence electrons. The first kappa shape index (κ1) is 13.4. The van der Waals surface area contributed by atoms with Crippen LogP contribution in [0, 0.1) is 0 Å². The first-order valence-electron chi connectivity index (χ1n) is 7.58. The van der Waals surface area contributed by atoms with Gasteiger partial charge < -0.3 is 4.90 Å². The molecule has 1 aliphatic rings. The van der Waals surface area contributed by atoms with Gasteiger partial charge in [0.1, 0.15) is 0 Å². The minimum absolute atomic E-state index is 0.728. The van der Waals surface area contributed by atoms with Crippen molar-refractivity contribution in [3.63, 3.8) is 0 Å². The third-order valence-electron chi connectivity index (χ3n) is 4.53. The molecule has 1 atom stereocenters. The van der Waals surface area contributed by atoms with E-state index in [9.17, 15) is 0 Å². The SMILES string of the molecule is C[C@@H]1CCCN1Cc1cccc2cc(N(C)C)ccc12. The first-order valence-corrected chi connectivity index (χ1v) is 7.58. The fourth-order valence-corrected chi connectivity index (χ4v) is 3.20. The van der Waals surface area contributed by atoms with Crippen LogP contribution < -0.4 is 4.90 Å². The van der Waals surface area contributed by atoms with Gasteiger partial charge in [-0.05, 0) is 54.8 Å². The number of anilines is 1. The first-order chi connectivity index (χ1) is 9.65. The van der Waals surface area contributed by atoms with E-state index < -0.39 is 0 Å². The molecule has 0 bridgehead atoms. The highest BCUT2D eigenvalue weighted by molar-refractivity contribution is 5.88. The molecule has 0 aromatic heterocycles.